The smallest absolute Gasteiger partial charge is 0.309 e. The second-order valence-corrected chi connectivity index (χ2v) is 18.9. The summed E-state index contributed by atoms with van der Waals surface area (Å²) >= 11 is 0. The van der Waals surface area contributed by atoms with Crippen molar-refractivity contribution in [3.63, 3.8) is 0 Å². The minimum Gasteiger partial charge on any atom is -0.481 e. The molecule has 0 saturated heterocycles. The molecule has 5 aliphatic carbocycles. The normalized spacial score (nSPS) is 41.6. The number of hydrogen-bond donors (Lipinski definition) is 2. The van der Waals surface area contributed by atoms with Gasteiger partial charge in [-0.3, -0.25) is 14.4 Å². The summed E-state index contributed by atoms with van der Waals surface area (Å²) < 4.78 is 11.4. The van der Waals surface area contributed by atoms with Crippen LogP contribution in [0, 0.1) is 62.1 Å². The molecule has 6 rings (SSSR count). The fourth-order valence-electron chi connectivity index (χ4n) is 13.1. The molecule has 1 heterocycles. The molecule has 7 heteroatoms. The highest BCUT2D eigenvalue weighted by atomic mass is 16.5. The number of hydrogen-bond acceptors (Lipinski definition) is 5. The highest BCUT2D eigenvalue weighted by Gasteiger charge is 2.72. The van der Waals surface area contributed by atoms with Crippen molar-refractivity contribution in [2.24, 2.45) is 62.1 Å². The van der Waals surface area contributed by atoms with Gasteiger partial charge in [0.1, 0.15) is 6.10 Å². The van der Waals surface area contributed by atoms with Crippen LogP contribution >= 0.6 is 0 Å². The summed E-state index contributed by atoms with van der Waals surface area (Å²) in [7, 11) is 0. The van der Waals surface area contributed by atoms with Gasteiger partial charge >= 0.3 is 11.9 Å². The maximum absolute atomic E-state index is 14.3. The average molecular weight is 664 g/mol. The van der Waals surface area contributed by atoms with E-state index in [2.05, 4.69) is 53.4 Å². The quantitative estimate of drug-likeness (QED) is 0.213. The zero-order valence-electron chi connectivity index (χ0n) is 30.9. The van der Waals surface area contributed by atoms with Crippen molar-refractivity contribution in [2.75, 3.05) is 0 Å². The topological polar surface area (TPSA) is 106 Å². The molecule has 0 aliphatic heterocycles. The Morgan fingerprint density at radius 3 is 2.33 bits per heavy atom. The monoisotopic (exact) mass is 663 g/mol. The van der Waals surface area contributed by atoms with E-state index in [0.717, 1.165) is 63.4 Å². The van der Waals surface area contributed by atoms with Gasteiger partial charge in [-0.2, -0.15) is 0 Å². The number of rotatable bonds is 8. The van der Waals surface area contributed by atoms with Gasteiger partial charge in [-0.15, -0.1) is 0 Å². The number of esters is 1. The Morgan fingerprint density at radius 1 is 0.958 bits per heavy atom. The van der Waals surface area contributed by atoms with Gasteiger partial charge in [0.2, 0.25) is 5.91 Å². The van der Waals surface area contributed by atoms with E-state index in [1.165, 1.54) is 12.0 Å². The van der Waals surface area contributed by atoms with Crippen molar-refractivity contribution in [3.05, 3.63) is 36.3 Å². The van der Waals surface area contributed by atoms with Crippen LogP contribution < -0.4 is 5.32 Å². The van der Waals surface area contributed by atoms with Crippen molar-refractivity contribution < 1.29 is 28.6 Å². The van der Waals surface area contributed by atoms with E-state index in [1.807, 2.05) is 6.07 Å². The summed E-state index contributed by atoms with van der Waals surface area (Å²) in [4.78, 5) is 39.0. The molecule has 266 valence electrons. The predicted octanol–water partition coefficient (Wildman–Crippen LogP) is 8.97. The van der Waals surface area contributed by atoms with E-state index < -0.39 is 17.4 Å². The molecule has 48 heavy (non-hydrogen) atoms. The van der Waals surface area contributed by atoms with E-state index in [-0.39, 0.29) is 45.5 Å². The van der Waals surface area contributed by atoms with E-state index >= 15 is 0 Å². The molecular weight excluding hydrogens is 602 g/mol. The third-order valence-electron chi connectivity index (χ3n) is 15.9. The first kappa shape index (κ1) is 35.3. The maximum atomic E-state index is 14.3. The number of carbonyl (C=O) groups is 3. The third-order valence-corrected chi connectivity index (χ3v) is 15.9. The number of amides is 1. The van der Waals surface area contributed by atoms with Crippen LogP contribution in [0.4, 0.5) is 0 Å². The van der Waals surface area contributed by atoms with Crippen LogP contribution in [-0.4, -0.2) is 29.1 Å². The molecule has 1 aromatic heterocycles. The Bertz CT molecular complexity index is 1440. The summed E-state index contributed by atoms with van der Waals surface area (Å²) in [6.07, 6.45) is 13.4. The van der Waals surface area contributed by atoms with E-state index in [0.29, 0.717) is 36.1 Å². The molecule has 1 aromatic rings. The number of nitrogens with one attached hydrogen (secondary N) is 1. The Hall–Kier alpha value is -2.57. The first-order valence-corrected chi connectivity index (χ1v) is 18.7. The van der Waals surface area contributed by atoms with Gasteiger partial charge in [-0.05, 0) is 137 Å². The number of ether oxygens (including phenoxy) is 1. The first-order chi connectivity index (χ1) is 22.3. The molecule has 0 bridgehead atoms. The number of fused-ring (bicyclic) bond motifs is 7. The first-order valence-electron chi connectivity index (χ1n) is 18.7. The van der Waals surface area contributed by atoms with Gasteiger partial charge in [0, 0.05) is 17.5 Å². The number of aliphatic carboxylic acids is 1. The number of carboxylic acids is 1. The van der Waals surface area contributed by atoms with Gasteiger partial charge in [-0.1, -0.05) is 46.8 Å². The number of carbonyl (C=O) groups excluding carboxylic acids is 2. The zero-order valence-corrected chi connectivity index (χ0v) is 30.9. The standard InChI is InChI=1S/C41H61NO6/c1-25(2)27-12-18-41(34(44)42-23-26-15-21-47-24-26)20-19-39(8)28(33(27)41)10-11-30-38(7)16-14-31(48-32(43)22-36(3,4)35(45)46)37(5,6)29(38)13-17-40(30,39)9/h15,21,24,27-31,33H,1,10-14,16-20,22-23H2,2-9H3,(H,42,44)(H,45,46)/t27-,28+,29-,30+,31-,33+,38-,39+,40+,41-/m0/s1. The molecule has 5 aliphatic rings. The van der Waals surface area contributed by atoms with Gasteiger partial charge in [0.05, 0.1) is 29.8 Å². The Balaban J connectivity index is 1.25. The predicted molar refractivity (Wildman–Crippen MR) is 185 cm³/mol. The lowest BCUT2D eigenvalue weighted by Crippen LogP contribution is -2.67. The number of furan rings is 1. The summed E-state index contributed by atoms with van der Waals surface area (Å²) in [5.74, 6) is 0.962. The minimum atomic E-state index is -1.15. The highest BCUT2D eigenvalue weighted by Crippen LogP contribution is 2.77. The summed E-state index contributed by atoms with van der Waals surface area (Å²) in [6.45, 7) is 22.7. The summed E-state index contributed by atoms with van der Waals surface area (Å²) in [5, 5.41) is 12.9. The third kappa shape index (κ3) is 5.13. The lowest BCUT2D eigenvalue weighted by molar-refractivity contribution is -0.249. The van der Waals surface area contributed by atoms with Crippen LogP contribution in [0.5, 0.6) is 0 Å². The van der Waals surface area contributed by atoms with Crippen molar-refractivity contribution in [3.8, 4) is 0 Å². The van der Waals surface area contributed by atoms with Crippen LogP contribution in [0.3, 0.4) is 0 Å². The molecule has 0 spiro atoms. The largest absolute Gasteiger partial charge is 0.481 e. The van der Waals surface area contributed by atoms with Crippen LogP contribution in [-0.2, 0) is 25.7 Å². The molecule has 0 aromatic carbocycles. The maximum Gasteiger partial charge on any atom is 0.309 e. The second kappa shape index (κ2) is 11.8. The summed E-state index contributed by atoms with van der Waals surface area (Å²) in [5.41, 5.74) is 0.921. The van der Waals surface area contributed by atoms with Crippen molar-refractivity contribution in [1.82, 2.24) is 5.32 Å². The molecule has 1 amide bonds. The number of carboxylic acid groups (broad SMARTS) is 1. The average Bonchev–Trinajstić information content (AvgIpc) is 3.66. The zero-order chi connectivity index (χ0) is 35.1. The minimum absolute atomic E-state index is 0.119. The molecule has 0 radical (unpaired) electrons. The van der Waals surface area contributed by atoms with E-state index in [9.17, 15) is 19.5 Å². The van der Waals surface area contributed by atoms with Crippen LogP contribution in [0.15, 0.2) is 35.2 Å². The highest BCUT2D eigenvalue weighted by molar-refractivity contribution is 5.84. The van der Waals surface area contributed by atoms with Gasteiger partial charge in [-0.25, -0.2) is 0 Å². The van der Waals surface area contributed by atoms with Crippen LogP contribution in [0.2, 0.25) is 0 Å². The molecule has 7 nitrogen and oxygen atoms in total. The van der Waals surface area contributed by atoms with Gasteiger partial charge in [0.15, 0.2) is 0 Å². The van der Waals surface area contributed by atoms with E-state index in [1.54, 1.807) is 26.4 Å². The fraction of sp³-hybridized carbons (Fsp3) is 0.780. The molecule has 0 unspecified atom stereocenters. The molecule has 2 N–H and O–H groups in total. The van der Waals surface area contributed by atoms with Crippen molar-refractivity contribution >= 4 is 17.8 Å². The fourth-order valence-corrected chi connectivity index (χ4v) is 13.1. The lowest BCUT2D eigenvalue weighted by atomic mass is 9.32. The Kier molecular flexibility index (Phi) is 8.64. The lowest BCUT2D eigenvalue weighted by Gasteiger charge is -2.72. The van der Waals surface area contributed by atoms with E-state index in [4.69, 9.17) is 9.15 Å². The Labute approximate surface area is 288 Å². The second-order valence-electron chi connectivity index (χ2n) is 18.9. The van der Waals surface area contributed by atoms with Gasteiger partial charge in [0.25, 0.3) is 0 Å². The number of allylic oxidation sites excluding steroid dienone is 1. The van der Waals surface area contributed by atoms with Crippen LogP contribution in [0.1, 0.15) is 132 Å². The van der Waals surface area contributed by atoms with Crippen LogP contribution in [0.25, 0.3) is 0 Å². The molecular formula is C41H61NO6. The molecule has 10 atom stereocenters. The van der Waals surface area contributed by atoms with Gasteiger partial charge < -0.3 is 19.6 Å². The van der Waals surface area contributed by atoms with Crippen molar-refractivity contribution in [1.29, 1.82) is 0 Å². The summed E-state index contributed by atoms with van der Waals surface area (Å²) in [6, 6.07) is 1.93. The molecule has 5 fully saturated rings. The Morgan fingerprint density at radius 2 is 1.69 bits per heavy atom. The van der Waals surface area contributed by atoms with Crippen molar-refractivity contribution in [2.45, 2.75) is 139 Å². The molecule has 5 saturated carbocycles. The SMILES string of the molecule is C=C(C)[C@@H]1CC[C@]2(C(=O)NCc3ccoc3)CC[C@]3(C)[C@H](CC[C@@H]4[C@@]5(C)CC[C@H](OC(=O)CC(C)(C)C(=O)O)C(C)(C)[C@@H]5CC[C@]43C)[C@@H]12.